The summed E-state index contributed by atoms with van der Waals surface area (Å²) in [6.07, 6.45) is -0.743. The lowest BCUT2D eigenvalue weighted by Crippen LogP contribution is -2.21. The van der Waals surface area contributed by atoms with Crippen molar-refractivity contribution in [1.29, 1.82) is 0 Å². The summed E-state index contributed by atoms with van der Waals surface area (Å²) in [5.74, 6) is 0.303. The molecule has 1 atom stereocenters. The largest absolute Gasteiger partial charge is 0.474 e. The van der Waals surface area contributed by atoms with Crippen LogP contribution in [0.1, 0.15) is 29.7 Å². The van der Waals surface area contributed by atoms with E-state index in [2.05, 4.69) is 6.07 Å². The number of hydrogen-bond donors (Lipinski definition) is 0. The van der Waals surface area contributed by atoms with Crippen molar-refractivity contribution in [1.82, 2.24) is 0 Å². The van der Waals surface area contributed by atoms with Crippen LogP contribution in [0.25, 0.3) is 0 Å². The molecule has 0 N–H and O–H groups in total. The monoisotopic (exact) mass is 284 g/mol. The molecule has 2 aromatic rings. The zero-order chi connectivity index (χ0) is 15.2. The first kappa shape index (κ1) is 15.1. The third-order valence-corrected chi connectivity index (χ3v) is 3.05. The minimum Gasteiger partial charge on any atom is -0.474 e. The number of ether oxygens (including phenoxy) is 2. The van der Waals surface area contributed by atoms with Crippen LogP contribution in [0, 0.1) is 13.8 Å². The van der Waals surface area contributed by atoms with Gasteiger partial charge in [-0.3, -0.25) is 0 Å². The fraction of sp³-hybridized carbons (Fsp3) is 0.278. The van der Waals surface area contributed by atoms with Gasteiger partial charge < -0.3 is 9.47 Å². The maximum atomic E-state index is 12.2. The Morgan fingerprint density at radius 2 is 1.67 bits per heavy atom. The van der Waals surface area contributed by atoms with Crippen LogP contribution in [-0.4, -0.2) is 12.6 Å². The summed E-state index contributed by atoms with van der Waals surface area (Å²) in [4.78, 5) is 12.2. The Labute approximate surface area is 125 Å². The summed E-state index contributed by atoms with van der Waals surface area (Å²) in [5, 5.41) is 0. The average Bonchev–Trinajstić information content (AvgIpc) is 2.45. The summed E-state index contributed by atoms with van der Waals surface area (Å²) in [7, 11) is 0. The highest BCUT2D eigenvalue weighted by Gasteiger charge is 2.24. The standard InChI is InChI=1S/C18H20O3/c1-4-20-18(19)17(15-8-6-5-7-9-15)21-16-11-13(2)10-14(3)12-16/h5-12,17H,4H2,1-3H3. The molecule has 2 aromatic carbocycles. The van der Waals surface area contributed by atoms with Crippen LogP contribution >= 0.6 is 0 Å². The van der Waals surface area contributed by atoms with Gasteiger partial charge in [-0.25, -0.2) is 4.79 Å². The van der Waals surface area contributed by atoms with Gasteiger partial charge in [0.25, 0.3) is 0 Å². The maximum Gasteiger partial charge on any atom is 0.352 e. The van der Waals surface area contributed by atoms with Crippen LogP contribution < -0.4 is 4.74 Å². The maximum absolute atomic E-state index is 12.2. The predicted molar refractivity (Wildman–Crippen MR) is 82.4 cm³/mol. The topological polar surface area (TPSA) is 35.5 Å². The van der Waals surface area contributed by atoms with Crippen LogP contribution in [-0.2, 0) is 9.53 Å². The molecule has 0 aliphatic carbocycles. The molecule has 0 saturated carbocycles. The molecule has 0 spiro atoms. The van der Waals surface area contributed by atoms with E-state index in [9.17, 15) is 4.79 Å². The molecule has 0 bridgehead atoms. The number of aryl methyl sites for hydroxylation is 2. The zero-order valence-electron chi connectivity index (χ0n) is 12.6. The number of carbonyl (C=O) groups excluding carboxylic acids is 1. The number of esters is 1. The van der Waals surface area contributed by atoms with Crippen molar-refractivity contribution < 1.29 is 14.3 Å². The molecule has 1 unspecified atom stereocenters. The molecule has 0 amide bonds. The van der Waals surface area contributed by atoms with Crippen LogP contribution in [0.2, 0.25) is 0 Å². The molecule has 0 radical (unpaired) electrons. The quantitative estimate of drug-likeness (QED) is 0.779. The van der Waals surface area contributed by atoms with E-state index in [1.165, 1.54) is 0 Å². The molecule has 0 saturated heterocycles. The Balaban J connectivity index is 2.29. The van der Waals surface area contributed by atoms with Gasteiger partial charge >= 0.3 is 5.97 Å². The third kappa shape index (κ3) is 4.09. The van der Waals surface area contributed by atoms with Crippen LogP contribution in [0.4, 0.5) is 0 Å². The van der Waals surface area contributed by atoms with Crippen LogP contribution in [0.15, 0.2) is 48.5 Å². The number of benzene rings is 2. The lowest BCUT2D eigenvalue weighted by molar-refractivity contribution is -0.151. The van der Waals surface area contributed by atoms with Crippen molar-refractivity contribution in [2.24, 2.45) is 0 Å². The second kappa shape index (κ2) is 6.93. The van der Waals surface area contributed by atoms with Crippen molar-refractivity contribution in [3.05, 3.63) is 65.2 Å². The first-order chi connectivity index (χ1) is 10.1. The molecular weight excluding hydrogens is 264 g/mol. The number of carbonyl (C=O) groups is 1. The number of rotatable bonds is 5. The lowest BCUT2D eigenvalue weighted by Gasteiger charge is -2.18. The summed E-state index contributed by atoms with van der Waals surface area (Å²) in [5.41, 5.74) is 2.98. The van der Waals surface area contributed by atoms with Gasteiger partial charge in [0.1, 0.15) is 5.75 Å². The second-order valence-electron chi connectivity index (χ2n) is 4.98. The van der Waals surface area contributed by atoms with Gasteiger partial charge in [-0.2, -0.15) is 0 Å². The van der Waals surface area contributed by atoms with E-state index in [0.717, 1.165) is 16.7 Å². The van der Waals surface area contributed by atoms with Crippen molar-refractivity contribution >= 4 is 5.97 Å². The molecule has 0 fully saturated rings. The molecule has 3 heteroatoms. The first-order valence-corrected chi connectivity index (χ1v) is 7.06. The number of hydrogen-bond acceptors (Lipinski definition) is 3. The fourth-order valence-electron chi connectivity index (χ4n) is 2.24. The van der Waals surface area contributed by atoms with E-state index in [-0.39, 0.29) is 5.97 Å². The Hall–Kier alpha value is -2.29. The van der Waals surface area contributed by atoms with E-state index in [4.69, 9.17) is 9.47 Å². The van der Waals surface area contributed by atoms with Gasteiger partial charge in [-0.1, -0.05) is 36.4 Å². The normalized spacial score (nSPS) is 11.8. The van der Waals surface area contributed by atoms with Crippen molar-refractivity contribution in [2.45, 2.75) is 26.9 Å². The highest BCUT2D eigenvalue weighted by molar-refractivity contribution is 5.77. The molecule has 3 nitrogen and oxygen atoms in total. The van der Waals surface area contributed by atoms with E-state index < -0.39 is 6.10 Å². The summed E-state index contributed by atoms with van der Waals surface area (Å²) in [6.45, 7) is 6.12. The van der Waals surface area contributed by atoms with Crippen LogP contribution in [0.3, 0.4) is 0 Å². The van der Waals surface area contributed by atoms with E-state index >= 15 is 0 Å². The molecule has 110 valence electrons. The predicted octanol–water partition coefficient (Wildman–Crippen LogP) is 3.99. The first-order valence-electron chi connectivity index (χ1n) is 7.06. The Bertz CT molecular complexity index is 585. The van der Waals surface area contributed by atoms with Crippen molar-refractivity contribution in [3.8, 4) is 5.75 Å². The van der Waals surface area contributed by atoms with Crippen LogP contribution in [0.5, 0.6) is 5.75 Å². The molecule has 21 heavy (non-hydrogen) atoms. The molecule has 0 aliphatic heterocycles. The Morgan fingerprint density at radius 1 is 1.05 bits per heavy atom. The van der Waals surface area contributed by atoms with Gasteiger partial charge in [0.15, 0.2) is 0 Å². The SMILES string of the molecule is CCOC(=O)C(Oc1cc(C)cc(C)c1)c1ccccc1. The molecule has 0 aromatic heterocycles. The van der Waals surface area contributed by atoms with Gasteiger partial charge in [-0.15, -0.1) is 0 Å². The van der Waals surface area contributed by atoms with E-state index in [1.807, 2.05) is 56.3 Å². The summed E-state index contributed by atoms with van der Waals surface area (Å²) in [6, 6.07) is 15.3. The van der Waals surface area contributed by atoms with Gasteiger partial charge in [0, 0.05) is 5.56 Å². The van der Waals surface area contributed by atoms with Gasteiger partial charge in [0.05, 0.1) is 6.61 Å². The lowest BCUT2D eigenvalue weighted by atomic mass is 10.1. The highest BCUT2D eigenvalue weighted by atomic mass is 16.6. The molecular formula is C18H20O3. The smallest absolute Gasteiger partial charge is 0.352 e. The summed E-state index contributed by atoms with van der Waals surface area (Å²) < 4.78 is 11.0. The van der Waals surface area contributed by atoms with Gasteiger partial charge in [-0.05, 0) is 44.0 Å². The minimum absolute atomic E-state index is 0.332. The molecule has 2 rings (SSSR count). The zero-order valence-corrected chi connectivity index (χ0v) is 12.6. The van der Waals surface area contributed by atoms with Crippen molar-refractivity contribution in [2.75, 3.05) is 6.61 Å². The van der Waals surface area contributed by atoms with Crippen molar-refractivity contribution in [3.63, 3.8) is 0 Å². The third-order valence-electron chi connectivity index (χ3n) is 3.05. The second-order valence-corrected chi connectivity index (χ2v) is 4.98. The molecule has 0 heterocycles. The minimum atomic E-state index is -0.743. The van der Waals surface area contributed by atoms with E-state index in [1.54, 1.807) is 6.92 Å². The summed E-state index contributed by atoms with van der Waals surface area (Å²) >= 11 is 0. The Kier molecular flexibility index (Phi) is 4.99. The molecule has 0 aliphatic rings. The van der Waals surface area contributed by atoms with E-state index in [0.29, 0.717) is 12.4 Å². The van der Waals surface area contributed by atoms with Gasteiger partial charge in [0.2, 0.25) is 6.10 Å². The highest BCUT2D eigenvalue weighted by Crippen LogP contribution is 2.25. The Morgan fingerprint density at radius 3 is 2.24 bits per heavy atom. The average molecular weight is 284 g/mol. The fourth-order valence-corrected chi connectivity index (χ4v) is 2.24.